The van der Waals surface area contributed by atoms with Crippen LogP contribution in [0.3, 0.4) is 0 Å². The average Bonchev–Trinajstić information content (AvgIpc) is 3.20. The van der Waals surface area contributed by atoms with E-state index in [1.165, 1.54) is 58.0 Å². The van der Waals surface area contributed by atoms with Crippen molar-refractivity contribution in [1.82, 2.24) is 10.2 Å². The van der Waals surface area contributed by atoms with Gasteiger partial charge in [0.15, 0.2) is 0 Å². The zero-order valence-corrected chi connectivity index (χ0v) is 13.5. The Labute approximate surface area is 127 Å². The van der Waals surface area contributed by atoms with E-state index in [1.807, 2.05) is 11.3 Å². The Morgan fingerprint density at radius 1 is 1.15 bits per heavy atom. The van der Waals surface area contributed by atoms with Gasteiger partial charge in [0.1, 0.15) is 0 Å². The molecule has 1 aromatic rings. The van der Waals surface area contributed by atoms with E-state index in [1.54, 1.807) is 4.88 Å². The van der Waals surface area contributed by atoms with Crippen molar-refractivity contribution in [3.8, 4) is 0 Å². The Morgan fingerprint density at radius 2 is 1.85 bits per heavy atom. The molecule has 0 amide bonds. The van der Waals surface area contributed by atoms with Crippen LogP contribution in [0, 0.1) is 0 Å². The molecule has 0 unspecified atom stereocenters. The zero-order valence-electron chi connectivity index (χ0n) is 12.7. The molecule has 2 saturated carbocycles. The predicted molar refractivity (Wildman–Crippen MR) is 87.2 cm³/mol. The third kappa shape index (κ3) is 3.84. The fourth-order valence-corrected chi connectivity index (χ4v) is 4.22. The van der Waals surface area contributed by atoms with Crippen LogP contribution in [0.15, 0.2) is 17.5 Å². The van der Waals surface area contributed by atoms with Crippen LogP contribution in [-0.2, 0) is 6.54 Å². The van der Waals surface area contributed by atoms with Crippen LogP contribution in [0.1, 0.15) is 56.7 Å². The smallest absolute Gasteiger partial charge is 0.0333 e. The molecule has 2 nitrogen and oxygen atoms in total. The molecule has 2 aliphatic carbocycles. The molecule has 0 aromatic carbocycles. The third-order valence-electron chi connectivity index (χ3n) is 4.78. The summed E-state index contributed by atoms with van der Waals surface area (Å²) in [5.74, 6) is 0. The van der Waals surface area contributed by atoms with Crippen LogP contribution < -0.4 is 5.32 Å². The van der Waals surface area contributed by atoms with Gasteiger partial charge >= 0.3 is 0 Å². The molecule has 0 radical (unpaired) electrons. The Balaban J connectivity index is 1.51. The van der Waals surface area contributed by atoms with Gasteiger partial charge in [0.25, 0.3) is 0 Å². The number of nitrogens with one attached hydrogen (secondary N) is 1. The first-order valence-electron chi connectivity index (χ1n) is 8.38. The van der Waals surface area contributed by atoms with Crippen LogP contribution in [0.25, 0.3) is 0 Å². The quantitative estimate of drug-likeness (QED) is 0.816. The topological polar surface area (TPSA) is 15.3 Å². The molecule has 1 N–H and O–H groups in total. The van der Waals surface area contributed by atoms with Gasteiger partial charge in [0.05, 0.1) is 0 Å². The molecule has 0 aliphatic heterocycles. The molecule has 20 heavy (non-hydrogen) atoms. The maximum Gasteiger partial charge on any atom is 0.0333 e. The first-order chi connectivity index (χ1) is 9.86. The minimum atomic E-state index is 0.786. The minimum Gasteiger partial charge on any atom is -0.314 e. The maximum atomic E-state index is 3.70. The Morgan fingerprint density at radius 3 is 2.40 bits per heavy atom. The molecule has 3 heteroatoms. The van der Waals surface area contributed by atoms with Gasteiger partial charge in [-0.3, -0.25) is 4.90 Å². The fourth-order valence-electron chi connectivity index (χ4n) is 3.51. The Bertz CT molecular complexity index is 378. The Hall–Kier alpha value is -0.380. The third-order valence-corrected chi connectivity index (χ3v) is 5.64. The minimum absolute atomic E-state index is 0.786. The van der Waals surface area contributed by atoms with Crippen molar-refractivity contribution < 1.29 is 0 Å². The highest BCUT2D eigenvalue weighted by Gasteiger charge is 2.35. The van der Waals surface area contributed by atoms with E-state index in [2.05, 4.69) is 34.7 Å². The molecule has 3 rings (SSSR count). The summed E-state index contributed by atoms with van der Waals surface area (Å²) in [7, 11) is 0. The van der Waals surface area contributed by atoms with Crippen LogP contribution >= 0.6 is 11.3 Å². The maximum absolute atomic E-state index is 3.70. The predicted octanol–water partition coefficient (Wildman–Crippen LogP) is 4.02. The fraction of sp³-hybridized carbons (Fsp3) is 0.765. The highest BCUT2D eigenvalue weighted by atomic mass is 32.1. The van der Waals surface area contributed by atoms with Gasteiger partial charge in [0.2, 0.25) is 0 Å². The van der Waals surface area contributed by atoms with E-state index < -0.39 is 0 Å². The summed E-state index contributed by atoms with van der Waals surface area (Å²) in [4.78, 5) is 4.37. The summed E-state index contributed by atoms with van der Waals surface area (Å²) in [6.07, 6.45) is 9.65. The van der Waals surface area contributed by atoms with E-state index in [0.717, 1.165) is 18.1 Å². The van der Waals surface area contributed by atoms with E-state index in [4.69, 9.17) is 0 Å². The van der Waals surface area contributed by atoms with Crippen molar-refractivity contribution >= 4 is 11.3 Å². The summed E-state index contributed by atoms with van der Waals surface area (Å²) >= 11 is 1.92. The molecule has 0 atom stereocenters. The van der Waals surface area contributed by atoms with Crippen LogP contribution in [-0.4, -0.2) is 29.6 Å². The second-order valence-electron chi connectivity index (χ2n) is 6.44. The van der Waals surface area contributed by atoms with Crippen molar-refractivity contribution in [3.05, 3.63) is 22.4 Å². The lowest BCUT2D eigenvalue weighted by molar-refractivity contribution is 0.129. The summed E-state index contributed by atoms with van der Waals surface area (Å²) in [5, 5.41) is 5.92. The number of hydrogen-bond donors (Lipinski definition) is 1. The van der Waals surface area contributed by atoms with E-state index in [9.17, 15) is 0 Å². The van der Waals surface area contributed by atoms with Crippen LogP contribution in [0.4, 0.5) is 0 Å². The molecular formula is C17H28N2S. The van der Waals surface area contributed by atoms with Crippen LogP contribution in [0.2, 0.25) is 0 Å². The largest absolute Gasteiger partial charge is 0.314 e. The lowest BCUT2D eigenvalue weighted by Crippen LogP contribution is -2.43. The van der Waals surface area contributed by atoms with E-state index in [0.29, 0.717) is 0 Å². The van der Waals surface area contributed by atoms with Crippen molar-refractivity contribution in [3.63, 3.8) is 0 Å². The van der Waals surface area contributed by atoms with Crippen molar-refractivity contribution in [1.29, 1.82) is 0 Å². The normalized spacial score (nSPS) is 27.1. The van der Waals surface area contributed by atoms with E-state index in [-0.39, 0.29) is 0 Å². The summed E-state index contributed by atoms with van der Waals surface area (Å²) in [6.45, 7) is 4.64. The Kier molecular flexibility index (Phi) is 5.14. The summed E-state index contributed by atoms with van der Waals surface area (Å²) < 4.78 is 0. The zero-order chi connectivity index (χ0) is 13.8. The van der Waals surface area contributed by atoms with Gasteiger partial charge in [-0.15, -0.1) is 11.3 Å². The number of thiophene rings is 1. The van der Waals surface area contributed by atoms with Gasteiger partial charge in [-0.1, -0.05) is 13.0 Å². The number of hydrogen-bond acceptors (Lipinski definition) is 3. The molecule has 0 spiro atoms. The highest BCUT2D eigenvalue weighted by molar-refractivity contribution is 7.09. The molecule has 2 fully saturated rings. The average molecular weight is 292 g/mol. The van der Waals surface area contributed by atoms with Gasteiger partial charge in [-0.2, -0.15) is 0 Å². The summed E-state index contributed by atoms with van der Waals surface area (Å²) in [5.41, 5.74) is 0. The molecule has 112 valence electrons. The molecule has 2 aliphatic rings. The van der Waals surface area contributed by atoms with Crippen molar-refractivity contribution in [2.75, 3.05) is 6.54 Å². The monoisotopic (exact) mass is 292 g/mol. The number of nitrogens with zero attached hydrogens (tertiary/aromatic N) is 1. The molecule has 1 aromatic heterocycles. The molecular weight excluding hydrogens is 264 g/mol. The van der Waals surface area contributed by atoms with Crippen LogP contribution in [0.5, 0.6) is 0 Å². The van der Waals surface area contributed by atoms with Crippen molar-refractivity contribution in [2.24, 2.45) is 0 Å². The lowest BCUT2D eigenvalue weighted by Gasteiger charge is -2.37. The summed E-state index contributed by atoms with van der Waals surface area (Å²) in [6, 6.07) is 7.01. The molecule has 0 bridgehead atoms. The van der Waals surface area contributed by atoms with Gasteiger partial charge in [0, 0.05) is 29.5 Å². The highest BCUT2D eigenvalue weighted by Crippen LogP contribution is 2.35. The molecule has 0 saturated heterocycles. The second kappa shape index (κ2) is 7.06. The van der Waals surface area contributed by atoms with Gasteiger partial charge < -0.3 is 5.32 Å². The lowest BCUT2D eigenvalue weighted by atomic mass is 9.90. The SMILES string of the molecule is CCCNC1CCC(N(Cc2cccs2)C2CC2)CC1. The molecule has 1 heterocycles. The second-order valence-corrected chi connectivity index (χ2v) is 7.47. The first kappa shape index (κ1) is 14.6. The number of rotatable bonds is 7. The standard InChI is InChI=1S/C17H28N2S/c1-2-11-18-14-5-7-15(8-6-14)19(16-9-10-16)13-17-4-3-12-20-17/h3-4,12,14-16,18H,2,5-11,13H2,1H3. The van der Waals surface area contributed by atoms with Gasteiger partial charge in [-0.25, -0.2) is 0 Å². The van der Waals surface area contributed by atoms with E-state index >= 15 is 0 Å². The first-order valence-corrected chi connectivity index (χ1v) is 9.26. The van der Waals surface area contributed by atoms with Crippen molar-refractivity contribution in [2.45, 2.75) is 76.5 Å². The van der Waals surface area contributed by atoms with Gasteiger partial charge in [-0.05, 0) is 62.9 Å².